The van der Waals surface area contributed by atoms with E-state index in [4.69, 9.17) is 10.2 Å². The number of rotatable bonds is 5. The number of aromatic nitrogens is 1. The number of hydrogen-bond acceptors (Lipinski definition) is 7. The number of aromatic amines is 1. The van der Waals surface area contributed by atoms with E-state index in [0.29, 0.717) is 16.8 Å². The van der Waals surface area contributed by atoms with Crippen LogP contribution in [0, 0.1) is 0 Å². The van der Waals surface area contributed by atoms with Crippen molar-refractivity contribution in [2.24, 2.45) is 0 Å². The molecule has 1 aromatic heterocycles. The fourth-order valence-corrected chi connectivity index (χ4v) is 1.68. The second-order valence-corrected chi connectivity index (χ2v) is 4.33. The van der Waals surface area contributed by atoms with Crippen molar-refractivity contribution >= 4 is 22.5 Å². The van der Waals surface area contributed by atoms with Gasteiger partial charge in [0.15, 0.2) is 5.58 Å². The molecule has 0 aliphatic heterocycles. The summed E-state index contributed by atoms with van der Waals surface area (Å²) >= 11 is 0. The van der Waals surface area contributed by atoms with Crippen molar-refractivity contribution in [3.63, 3.8) is 0 Å². The van der Waals surface area contributed by atoms with Gasteiger partial charge in [-0.1, -0.05) is 0 Å². The SMILES string of the molecule is Nc1cc2oc(=O)[nH]c2cc1NC(CO)(CO)CO. The fraction of sp³-hybridized carbons (Fsp3) is 0.364. The minimum atomic E-state index is -1.30. The molecule has 19 heavy (non-hydrogen) atoms. The molecule has 8 nitrogen and oxygen atoms in total. The second kappa shape index (κ2) is 4.92. The molecule has 0 amide bonds. The van der Waals surface area contributed by atoms with E-state index in [-0.39, 0.29) is 5.69 Å². The van der Waals surface area contributed by atoms with E-state index in [1.807, 2.05) is 0 Å². The van der Waals surface area contributed by atoms with E-state index in [9.17, 15) is 20.1 Å². The summed E-state index contributed by atoms with van der Waals surface area (Å²) in [5, 5.41) is 30.5. The van der Waals surface area contributed by atoms with Crippen LogP contribution in [-0.2, 0) is 0 Å². The van der Waals surface area contributed by atoms with Crippen LogP contribution in [0.1, 0.15) is 0 Å². The van der Waals surface area contributed by atoms with Crippen molar-refractivity contribution in [3.8, 4) is 0 Å². The third-order valence-corrected chi connectivity index (χ3v) is 2.90. The maximum Gasteiger partial charge on any atom is 0.417 e. The Kier molecular flexibility index (Phi) is 3.47. The van der Waals surface area contributed by atoms with E-state index in [0.717, 1.165) is 0 Å². The molecule has 0 radical (unpaired) electrons. The summed E-state index contributed by atoms with van der Waals surface area (Å²) in [5.41, 5.74) is 5.83. The van der Waals surface area contributed by atoms with Gasteiger partial charge in [-0.25, -0.2) is 4.79 Å². The van der Waals surface area contributed by atoms with E-state index in [1.165, 1.54) is 12.1 Å². The van der Waals surface area contributed by atoms with Crippen LogP contribution in [-0.4, -0.2) is 45.7 Å². The molecule has 0 aliphatic carbocycles. The number of hydrogen-bond donors (Lipinski definition) is 6. The molecule has 7 N–H and O–H groups in total. The highest BCUT2D eigenvalue weighted by molar-refractivity contribution is 5.85. The zero-order chi connectivity index (χ0) is 14.0. The molecular formula is C11H15N3O5. The minimum Gasteiger partial charge on any atom is -0.408 e. The third-order valence-electron chi connectivity index (χ3n) is 2.90. The van der Waals surface area contributed by atoms with E-state index < -0.39 is 31.1 Å². The normalized spacial score (nSPS) is 11.9. The number of oxazole rings is 1. The van der Waals surface area contributed by atoms with Crippen LogP contribution in [0.3, 0.4) is 0 Å². The molecule has 8 heteroatoms. The highest BCUT2D eigenvalue weighted by atomic mass is 16.4. The molecule has 0 saturated carbocycles. The van der Waals surface area contributed by atoms with Crippen LogP contribution < -0.4 is 16.8 Å². The molecule has 104 valence electrons. The number of H-pyrrole nitrogens is 1. The first-order chi connectivity index (χ1) is 9.03. The maximum absolute atomic E-state index is 11.1. The Bertz CT molecular complexity index is 621. The van der Waals surface area contributed by atoms with Gasteiger partial charge in [-0.05, 0) is 6.07 Å². The van der Waals surface area contributed by atoms with Crippen molar-refractivity contribution < 1.29 is 19.7 Å². The number of nitrogen functional groups attached to an aromatic ring is 1. The lowest BCUT2D eigenvalue weighted by Crippen LogP contribution is -2.49. The highest BCUT2D eigenvalue weighted by Crippen LogP contribution is 2.27. The molecule has 0 saturated heterocycles. The zero-order valence-electron chi connectivity index (χ0n) is 10.0. The predicted molar refractivity (Wildman–Crippen MR) is 68.9 cm³/mol. The average Bonchev–Trinajstić information content (AvgIpc) is 2.75. The number of nitrogens with two attached hydrogens (primary N) is 1. The lowest BCUT2D eigenvalue weighted by molar-refractivity contribution is 0.0834. The molecule has 0 bridgehead atoms. The zero-order valence-corrected chi connectivity index (χ0v) is 10.0. The molecule has 0 spiro atoms. The number of benzene rings is 1. The van der Waals surface area contributed by atoms with Crippen molar-refractivity contribution in [3.05, 3.63) is 22.7 Å². The first kappa shape index (κ1) is 13.4. The van der Waals surface area contributed by atoms with Crippen molar-refractivity contribution in [1.82, 2.24) is 4.98 Å². The average molecular weight is 269 g/mol. The highest BCUT2D eigenvalue weighted by Gasteiger charge is 2.28. The maximum atomic E-state index is 11.1. The lowest BCUT2D eigenvalue weighted by Gasteiger charge is -2.30. The summed E-state index contributed by atoms with van der Waals surface area (Å²) < 4.78 is 4.85. The van der Waals surface area contributed by atoms with Crippen LogP contribution in [0.5, 0.6) is 0 Å². The predicted octanol–water partition coefficient (Wildman–Crippen LogP) is -1.17. The topological polar surface area (TPSA) is 145 Å². The molecule has 0 atom stereocenters. The quantitative estimate of drug-likeness (QED) is 0.375. The Morgan fingerprint density at radius 3 is 2.47 bits per heavy atom. The van der Waals surface area contributed by atoms with E-state index in [1.54, 1.807) is 0 Å². The van der Waals surface area contributed by atoms with Crippen LogP contribution in [0.15, 0.2) is 21.3 Å². The summed E-state index contributed by atoms with van der Waals surface area (Å²) in [5.74, 6) is -0.607. The van der Waals surface area contributed by atoms with Crippen LogP contribution in [0.2, 0.25) is 0 Å². The summed E-state index contributed by atoms with van der Waals surface area (Å²) in [6, 6.07) is 2.94. The second-order valence-electron chi connectivity index (χ2n) is 4.33. The van der Waals surface area contributed by atoms with Gasteiger partial charge in [0.25, 0.3) is 0 Å². The Balaban J connectivity index is 2.44. The van der Waals surface area contributed by atoms with Crippen molar-refractivity contribution in [2.75, 3.05) is 30.9 Å². The molecule has 0 aliphatic rings. The fourth-order valence-electron chi connectivity index (χ4n) is 1.68. The molecule has 2 rings (SSSR count). The molecule has 0 fully saturated rings. The molecule has 0 unspecified atom stereocenters. The van der Waals surface area contributed by atoms with Gasteiger partial charge in [0.05, 0.1) is 36.7 Å². The number of fused-ring (bicyclic) bond motifs is 1. The third kappa shape index (κ3) is 2.41. The van der Waals surface area contributed by atoms with E-state index in [2.05, 4.69) is 10.3 Å². The summed E-state index contributed by atoms with van der Waals surface area (Å²) in [4.78, 5) is 13.5. The van der Waals surface area contributed by atoms with Gasteiger partial charge in [0.2, 0.25) is 0 Å². The largest absolute Gasteiger partial charge is 0.417 e. The van der Waals surface area contributed by atoms with Gasteiger partial charge in [-0.2, -0.15) is 0 Å². The molecule has 1 heterocycles. The monoisotopic (exact) mass is 269 g/mol. The van der Waals surface area contributed by atoms with Gasteiger partial charge >= 0.3 is 5.76 Å². The lowest BCUT2D eigenvalue weighted by atomic mass is 10.0. The molecular weight excluding hydrogens is 254 g/mol. The van der Waals surface area contributed by atoms with Crippen molar-refractivity contribution in [1.29, 1.82) is 0 Å². The summed E-state index contributed by atoms with van der Waals surface area (Å²) in [6.45, 7) is -1.46. The van der Waals surface area contributed by atoms with Crippen LogP contribution >= 0.6 is 0 Å². The van der Waals surface area contributed by atoms with Gasteiger partial charge in [0.1, 0.15) is 5.54 Å². The Morgan fingerprint density at radius 1 is 1.26 bits per heavy atom. The summed E-state index contributed by atoms with van der Waals surface area (Å²) in [7, 11) is 0. The van der Waals surface area contributed by atoms with Crippen LogP contribution in [0.4, 0.5) is 11.4 Å². The van der Waals surface area contributed by atoms with Gasteiger partial charge in [-0.15, -0.1) is 0 Å². The number of aliphatic hydroxyl groups is 3. The van der Waals surface area contributed by atoms with Crippen molar-refractivity contribution in [2.45, 2.75) is 5.54 Å². The van der Waals surface area contributed by atoms with Gasteiger partial charge in [0, 0.05) is 6.07 Å². The Labute approximate surface area is 107 Å². The van der Waals surface area contributed by atoms with Crippen LogP contribution in [0.25, 0.3) is 11.1 Å². The Morgan fingerprint density at radius 2 is 1.89 bits per heavy atom. The summed E-state index contributed by atoms with van der Waals surface area (Å²) in [6.07, 6.45) is 0. The Hall–Kier alpha value is -2.03. The van der Waals surface area contributed by atoms with Gasteiger partial charge in [-0.3, -0.25) is 4.98 Å². The smallest absolute Gasteiger partial charge is 0.408 e. The molecule has 2 aromatic rings. The molecule has 1 aromatic carbocycles. The first-order valence-corrected chi connectivity index (χ1v) is 5.57. The number of anilines is 2. The number of aliphatic hydroxyl groups excluding tert-OH is 3. The minimum absolute atomic E-state index is 0.259. The first-order valence-electron chi connectivity index (χ1n) is 5.57. The van der Waals surface area contributed by atoms with Gasteiger partial charge < -0.3 is 30.8 Å². The number of nitrogens with one attached hydrogen (secondary N) is 2. The van der Waals surface area contributed by atoms with E-state index >= 15 is 0 Å². The standard InChI is InChI=1S/C11H15N3O5/c12-6-1-9-8(13-10(18)19-9)2-7(6)14-11(3-15,4-16)5-17/h1-2,14-17H,3-5,12H2,(H,13,18).